The van der Waals surface area contributed by atoms with Crippen LogP contribution in [0, 0.1) is 17.0 Å². The maximum atomic E-state index is 10.9. The first-order chi connectivity index (χ1) is 11.6. The average Bonchev–Trinajstić information content (AvgIpc) is 3.16. The summed E-state index contributed by atoms with van der Waals surface area (Å²) in [6.07, 6.45) is 0. The Morgan fingerprint density at radius 1 is 1.12 bits per heavy atom. The van der Waals surface area contributed by atoms with Crippen molar-refractivity contribution in [2.24, 2.45) is 0 Å². The number of benzene rings is 2. The van der Waals surface area contributed by atoms with E-state index in [9.17, 15) is 10.1 Å². The largest absolute Gasteiger partial charge is 0.270 e. The molecule has 0 aliphatic rings. The number of aromatic nitrogens is 4. The van der Waals surface area contributed by atoms with E-state index < -0.39 is 4.92 Å². The van der Waals surface area contributed by atoms with Gasteiger partial charge < -0.3 is 0 Å². The summed E-state index contributed by atoms with van der Waals surface area (Å²) in [7, 11) is 0. The van der Waals surface area contributed by atoms with Crippen molar-refractivity contribution in [3.05, 3.63) is 64.2 Å². The third kappa shape index (κ3) is 2.33. The normalized spacial score (nSPS) is 11.0. The molecule has 24 heavy (non-hydrogen) atoms. The van der Waals surface area contributed by atoms with Crippen LogP contribution < -0.4 is 0 Å². The smallest absolute Gasteiger partial charge is 0.258 e. The van der Waals surface area contributed by atoms with Crippen LogP contribution in [0.25, 0.3) is 26.9 Å². The number of nitro benzene ring substituents is 1. The Morgan fingerprint density at radius 3 is 2.75 bits per heavy atom. The van der Waals surface area contributed by atoms with E-state index in [0.717, 1.165) is 11.1 Å². The molecule has 8 heteroatoms. The zero-order valence-corrected chi connectivity index (χ0v) is 13.4. The lowest BCUT2D eigenvalue weighted by Gasteiger charge is -2.01. The van der Waals surface area contributed by atoms with E-state index in [1.807, 2.05) is 31.2 Å². The molecule has 7 nitrogen and oxygen atoms in total. The second-order valence-electron chi connectivity index (χ2n) is 5.25. The topological polar surface area (TPSA) is 86.2 Å². The zero-order chi connectivity index (χ0) is 16.7. The maximum Gasteiger partial charge on any atom is 0.270 e. The van der Waals surface area contributed by atoms with E-state index in [4.69, 9.17) is 0 Å². The predicted molar refractivity (Wildman–Crippen MR) is 90.9 cm³/mol. The molecule has 0 saturated carbocycles. The Morgan fingerprint density at radius 2 is 1.96 bits per heavy atom. The molecule has 0 radical (unpaired) electrons. The summed E-state index contributed by atoms with van der Waals surface area (Å²) in [5, 5.41) is 24.6. The summed E-state index contributed by atoms with van der Waals surface area (Å²) in [5.41, 5.74) is 2.77. The SMILES string of the molecule is Cc1ccccc1-c1nnc2sc(-c3cccc([N+](=O)[O-])c3)nn12. The number of non-ortho nitro benzene ring substituents is 1. The highest BCUT2D eigenvalue weighted by Gasteiger charge is 2.16. The molecule has 0 fully saturated rings. The van der Waals surface area contributed by atoms with Gasteiger partial charge in [-0.2, -0.15) is 9.61 Å². The first-order valence-corrected chi connectivity index (χ1v) is 7.98. The number of aryl methyl sites for hydroxylation is 1. The van der Waals surface area contributed by atoms with E-state index in [2.05, 4.69) is 15.3 Å². The predicted octanol–water partition coefficient (Wildman–Crippen LogP) is 3.74. The fourth-order valence-electron chi connectivity index (χ4n) is 2.48. The van der Waals surface area contributed by atoms with Crippen LogP contribution in [0.3, 0.4) is 0 Å². The molecule has 0 aliphatic heterocycles. The zero-order valence-electron chi connectivity index (χ0n) is 12.6. The standard InChI is InChI=1S/C16H11N5O2S/c1-10-5-2-3-8-13(10)14-17-18-16-20(14)19-15(24-16)11-6-4-7-12(9-11)21(22)23/h2-9H,1H3. The van der Waals surface area contributed by atoms with Crippen LogP contribution in [0.15, 0.2) is 48.5 Å². The Bertz CT molecular complexity index is 1070. The van der Waals surface area contributed by atoms with E-state index in [1.165, 1.54) is 23.5 Å². The van der Waals surface area contributed by atoms with Gasteiger partial charge in [0, 0.05) is 23.3 Å². The van der Waals surface area contributed by atoms with Gasteiger partial charge in [-0.1, -0.05) is 47.7 Å². The van der Waals surface area contributed by atoms with Crippen molar-refractivity contribution < 1.29 is 4.92 Å². The minimum absolute atomic E-state index is 0.0394. The van der Waals surface area contributed by atoms with Crippen LogP contribution in [0.5, 0.6) is 0 Å². The molecule has 0 spiro atoms. The van der Waals surface area contributed by atoms with Crippen molar-refractivity contribution in [3.8, 4) is 22.0 Å². The van der Waals surface area contributed by atoms with Crippen molar-refractivity contribution in [2.75, 3.05) is 0 Å². The summed E-state index contributed by atoms with van der Waals surface area (Å²) in [4.78, 5) is 11.2. The molecule has 0 bridgehead atoms. The minimum Gasteiger partial charge on any atom is -0.258 e. The molecule has 2 aromatic carbocycles. The molecule has 0 saturated heterocycles. The highest BCUT2D eigenvalue weighted by Crippen LogP contribution is 2.30. The van der Waals surface area contributed by atoms with Gasteiger partial charge in [0.15, 0.2) is 5.82 Å². The Hall–Kier alpha value is -3.13. The number of hydrogen-bond acceptors (Lipinski definition) is 6. The maximum absolute atomic E-state index is 10.9. The van der Waals surface area contributed by atoms with Gasteiger partial charge in [0.25, 0.3) is 5.69 Å². The third-order valence-electron chi connectivity index (χ3n) is 3.68. The Labute approximate surface area is 140 Å². The van der Waals surface area contributed by atoms with Crippen molar-refractivity contribution in [2.45, 2.75) is 6.92 Å². The van der Waals surface area contributed by atoms with Crippen molar-refractivity contribution in [1.29, 1.82) is 0 Å². The molecule has 118 valence electrons. The average molecular weight is 337 g/mol. The van der Waals surface area contributed by atoms with Crippen LogP contribution in [-0.2, 0) is 0 Å². The van der Waals surface area contributed by atoms with E-state index in [-0.39, 0.29) is 5.69 Å². The van der Waals surface area contributed by atoms with Crippen molar-refractivity contribution in [1.82, 2.24) is 19.8 Å². The molecule has 0 N–H and O–H groups in total. The molecule has 4 rings (SSSR count). The van der Waals surface area contributed by atoms with Crippen molar-refractivity contribution in [3.63, 3.8) is 0 Å². The molecule has 0 unspecified atom stereocenters. The summed E-state index contributed by atoms with van der Waals surface area (Å²) in [6.45, 7) is 2.00. The molecule has 4 aromatic rings. The number of nitro groups is 1. The number of nitrogens with zero attached hydrogens (tertiary/aromatic N) is 5. The molecule has 0 aliphatic carbocycles. The summed E-state index contributed by atoms with van der Waals surface area (Å²) in [6, 6.07) is 14.3. The van der Waals surface area contributed by atoms with Crippen molar-refractivity contribution >= 4 is 22.0 Å². The van der Waals surface area contributed by atoms with Gasteiger partial charge in [-0.3, -0.25) is 10.1 Å². The lowest BCUT2D eigenvalue weighted by molar-refractivity contribution is -0.384. The van der Waals surface area contributed by atoms with Crippen LogP contribution >= 0.6 is 11.3 Å². The van der Waals surface area contributed by atoms with Gasteiger partial charge >= 0.3 is 0 Å². The monoisotopic (exact) mass is 337 g/mol. The molecule has 0 amide bonds. The fraction of sp³-hybridized carbons (Fsp3) is 0.0625. The van der Waals surface area contributed by atoms with Crippen LogP contribution in [0.2, 0.25) is 0 Å². The van der Waals surface area contributed by atoms with Crippen LogP contribution in [-0.4, -0.2) is 24.7 Å². The molecule has 2 heterocycles. The second kappa shape index (κ2) is 5.50. The summed E-state index contributed by atoms with van der Waals surface area (Å²) < 4.78 is 1.68. The van der Waals surface area contributed by atoms with Gasteiger partial charge in [-0.25, -0.2) is 0 Å². The van der Waals surface area contributed by atoms with Gasteiger partial charge in [-0.05, 0) is 12.5 Å². The third-order valence-corrected chi connectivity index (χ3v) is 4.63. The number of rotatable bonds is 3. The van der Waals surface area contributed by atoms with Crippen LogP contribution in [0.4, 0.5) is 5.69 Å². The second-order valence-corrected chi connectivity index (χ2v) is 6.20. The van der Waals surface area contributed by atoms with Gasteiger partial charge in [0.05, 0.1) is 4.92 Å². The first-order valence-electron chi connectivity index (χ1n) is 7.16. The van der Waals surface area contributed by atoms with E-state index in [0.29, 0.717) is 21.4 Å². The highest BCUT2D eigenvalue weighted by molar-refractivity contribution is 7.19. The lowest BCUT2D eigenvalue weighted by atomic mass is 10.1. The highest BCUT2D eigenvalue weighted by atomic mass is 32.1. The Kier molecular flexibility index (Phi) is 3.31. The molecule has 0 atom stereocenters. The summed E-state index contributed by atoms with van der Waals surface area (Å²) >= 11 is 1.35. The molecule has 2 aromatic heterocycles. The number of fused-ring (bicyclic) bond motifs is 1. The van der Waals surface area contributed by atoms with Gasteiger partial charge in [0.1, 0.15) is 5.01 Å². The quantitative estimate of drug-likeness (QED) is 0.420. The van der Waals surface area contributed by atoms with Crippen LogP contribution in [0.1, 0.15) is 5.56 Å². The Balaban J connectivity index is 1.85. The molecular weight excluding hydrogens is 326 g/mol. The fourth-order valence-corrected chi connectivity index (χ4v) is 3.31. The van der Waals surface area contributed by atoms with E-state index in [1.54, 1.807) is 16.6 Å². The number of hydrogen-bond donors (Lipinski definition) is 0. The lowest BCUT2D eigenvalue weighted by Crippen LogP contribution is -1.93. The van der Waals surface area contributed by atoms with Gasteiger partial charge in [-0.15, -0.1) is 10.2 Å². The molecular formula is C16H11N5O2S. The van der Waals surface area contributed by atoms with E-state index >= 15 is 0 Å². The first kappa shape index (κ1) is 14.5. The minimum atomic E-state index is -0.414. The summed E-state index contributed by atoms with van der Waals surface area (Å²) in [5.74, 6) is 0.663. The van der Waals surface area contributed by atoms with Gasteiger partial charge in [0.2, 0.25) is 4.96 Å².